The molecule has 0 saturated carbocycles. The first kappa shape index (κ1) is 29.9. The van der Waals surface area contributed by atoms with Crippen molar-refractivity contribution in [3.8, 4) is 5.69 Å². The number of aryl methyl sites for hydroxylation is 1. The van der Waals surface area contributed by atoms with Gasteiger partial charge in [-0.3, -0.25) is 14.5 Å². The van der Waals surface area contributed by atoms with Crippen LogP contribution in [0.2, 0.25) is 0 Å². The zero-order chi connectivity index (χ0) is 31.3. The minimum atomic E-state index is -5.12. The van der Waals surface area contributed by atoms with Gasteiger partial charge in [-0.25, -0.2) is 0 Å². The Bertz CT molecular complexity index is 1640. The van der Waals surface area contributed by atoms with Crippen molar-refractivity contribution in [3.63, 3.8) is 0 Å². The number of hydrogen-bond donors (Lipinski definition) is 0. The zero-order valence-corrected chi connectivity index (χ0v) is 23.4. The molecule has 2 amide bonds. The van der Waals surface area contributed by atoms with Crippen LogP contribution in [0.5, 0.6) is 0 Å². The number of para-hydroxylation sites is 2. The van der Waals surface area contributed by atoms with E-state index < -0.39 is 59.5 Å². The Labute approximate surface area is 244 Å². The van der Waals surface area contributed by atoms with Crippen LogP contribution in [-0.2, 0) is 17.1 Å². The molecule has 11 heteroatoms. The highest BCUT2D eigenvalue weighted by Gasteiger charge is 2.40. The molecular weight excluding hydrogens is 572 g/mol. The van der Waals surface area contributed by atoms with Gasteiger partial charge in [0.2, 0.25) is 5.91 Å². The van der Waals surface area contributed by atoms with Crippen molar-refractivity contribution in [2.45, 2.75) is 45.2 Å². The minimum absolute atomic E-state index is 0.0341. The second kappa shape index (κ2) is 10.9. The highest BCUT2D eigenvalue weighted by Crippen LogP contribution is 2.42. The van der Waals surface area contributed by atoms with Crippen LogP contribution < -0.4 is 4.90 Å². The number of hydrogen-bond acceptors (Lipinski definition) is 2. The molecule has 1 aliphatic rings. The van der Waals surface area contributed by atoms with Gasteiger partial charge in [0.25, 0.3) is 5.91 Å². The summed E-state index contributed by atoms with van der Waals surface area (Å²) in [6, 6.07) is 17.8. The average Bonchev–Trinajstić information content (AvgIpc) is 3.44. The van der Waals surface area contributed by atoms with Gasteiger partial charge in [-0.1, -0.05) is 42.0 Å². The predicted octanol–water partition coefficient (Wildman–Crippen LogP) is 7.81. The lowest BCUT2D eigenvalue weighted by molar-refractivity contribution is -0.143. The van der Waals surface area contributed by atoms with E-state index in [1.54, 1.807) is 12.1 Å². The SMILES string of the molecule is Cc1ccc(C2c3cccn3-c3ccccc3N2C(=O)CN(C(=O)c2cc(C(F)(F)F)cc(C(F)(F)F)c2)C(C)C)cc1. The maximum Gasteiger partial charge on any atom is 0.416 e. The molecule has 1 aromatic heterocycles. The van der Waals surface area contributed by atoms with Crippen LogP contribution in [0.3, 0.4) is 0 Å². The number of carbonyl (C=O) groups is 2. The van der Waals surface area contributed by atoms with Crippen LogP contribution in [-0.4, -0.2) is 33.9 Å². The van der Waals surface area contributed by atoms with Crippen LogP contribution in [0, 0.1) is 6.92 Å². The molecule has 43 heavy (non-hydrogen) atoms. The number of rotatable bonds is 5. The maximum absolute atomic E-state index is 14.2. The predicted molar refractivity (Wildman–Crippen MR) is 149 cm³/mol. The molecule has 1 unspecified atom stereocenters. The Hall–Kier alpha value is -4.54. The number of nitrogens with zero attached hydrogens (tertiary/aromatic N) is 3. The standard InChI is InChI=1S/C32H27F6N3O2/c1-19(2)40(30(43)22-15-23(31(33,34)35)17-24(16-22)32(36,37)38)18-28(42)41-26-8-5-4-7-25(26)39-14-6-9-27(39)29(41)21-12-10-20(3)11-13-21/h4-17,19,29H,18H2,1-3H3. The number of aromatic nitrogens is 1. The fourth-order valence-corrected chi connectivity index (χ4v) is 5.28. The summed E-state index contributed by atoms with van der Waals surface area (Å²) in [5, 5.41) is 0. The normalized spacial score (nSPS) is 14.8. The molecule has 5 nitrogen and oxygen atoms in total. The first-order valence-electron chi connectivity index (χ1n) is 13.4. The Balaban J connectivity index is 1.57. The van der Waals surface area contributed by atoms with Gasteiger partial charge >= 0.3 is 12.4 Å². The molecule has 0 N–H and O–H groups in total. The summed E-state index contributed by atoms with van der Waals surface area (Å²) < 4.78 is 83.1. The summed E-state index contributed by atoms with van der Waals surface area (Å²) in [4.78, 5) is 30.3. The molecule has 4 aromatic rings. The second-order valence-corrected chi connectivity index (χ2v) is 10.7. The van der Waals surface area contributed by atoms with E-state index in [9.17, 15) is 35.9 Å². The van der Waals surface area contributed by atoms with Gasteiger partial charge in [0, 0.05) is 17.8 Å². The molecule has 2 heterocycles. The van der Waals surface area contributed by atoms with Crippen molar-refractivity contribution in [3.05, 3.63) is 119 Å². The number of benzene rings is 3. The molecule has 1 atom stereocenters. The van der Waals surface area contributed by atoms with Crippen LogP contribution in [0.1, 0.15) is 58.2 Å². The van der Waals surface area contributed by atoms with Gasteiger partial charge < -0.3 is 9.47 Å². The van der Waals surface area contributed by atoms with E-state index >= 15 is 0 Å². The summed E-state index contributed by atoms with van der Waals surface area (Å²) >= 11 is 0. The van der Waals surface area contributed by atoms with Crippen LogP contribution in [0.15, 0.2) is 85.1 Å². The van der Waals surface area contributed by atoms with E-state index in [1.807, 2.05) is 66.2 Å². The molecule has 0 fully saturated rings. The van der Waals surface area contributed by atoms with Crippen LogP contribution >= 0.6 is 0 Å². The molecular formula is C32H27F6N3O2. The van der Waals surface area contributed by atoms with Gasteiger partial charge in [0.05, 0.1) is 28.2 Å². The Morgan fingerprint density at radius 3 is 1.95 bits per heavy atom. The van der Waals surface area contributed by atoms with Crippen molar-refractivity contribution in [2.75, 3.05) is 11.4 Å². The number of alkyl halides is 6. The van der Waals surface area contributed by atoms with Crippen molar-refractivity contribution in [2.24, 2.45) is 0 Å². The van der Waals surface area contributed by atoms with Crippen molar-refractivity contribution in [1.82, 2.24) is 9.47 Å². The number of halogens is 6. The third kappa shape index (κ3) is 5.76. The largest absolute Gasteiger partial charge is 0.416 e. The summed E-state index contributed by atoms with van der Waals surface area (Å²) in [6.07, 6.45) is -8.38. The van der Waals surface area contributed by atoms with Gasteiger partial charge in [-0.05, 0) is 68.8 Å². The Kier molecular flexibility index (Phi) is 7.62. The van der Waals surface area contributed by atoms with Gasteiger partial charge in [0.15, 0.2) is 0 Å². The van der Waals surface area contributed by atoms with E-state index in [0.29, 0.717) is 23.5 Å². The Morgan fingerprint density at radius 1 is 0.814 bits per heavy atom. The van der Waals surface area contributed by atoms with Gasteiger partial charge in [-0.2, -0.15) is 26.3 Å². The van der Waals surface area contributed by atoms with E-state index in [1.165, 1.54) is 18.7 Å². The van der Waals surface area contributed by atoms with Crippen molar-refractivity contribution in [1.29, 1.82) is 0 Å². The summed E-state index contributed by atoms with van der Waals surface area (Å²) in [5.41, 5.74) is -0.229. The van der Waals surface area contributed by atoms with Crippen molar-refractivity contribution < 1.29 is 35.9 Å². The number of amides is 2. The lowest BCUT2D eigenvalue weighted by atomic mass is 9.96. The quantitative estimate of drug-likeness (QED) is 0.220. The van der Waals surface area contributed by atoms with E-state index in [-0.39, 0.29) is 6.07 Å². The van der Waals surface area contributed by atoms with Gasteiger partial charge in [-0.15, -0.1) is 0 Å². The molecule has 1 aliphatic heterocycles. The zero-order valence-electron chi connectivity index (χ0n) is 23.4. The summed E-state index contributed by atoms with van der Waals surface area (Å²) in [6.45, 7) is 4.41. The fourth-order valence-electron chi connectivity index (χ4n) is 5.28. The second-order valence-electron chi connectivity index (χ2n) is 10.7. The topological polar surface area (TPSA) is 45.6 Å². The molecule has 0 spiro atoms. The lowest BCUT2D eigenvalue weighted by Gasteiger charge is -2.40. The van der Waals surface area contributed by atoms with Crippen LogP contribution in [0.4, 0.5) is 32.0 Å². The minimum Gasteiger partial charge on any atom is -0.327 e. The first-order valence-corrected chi connectivity index (χ1v) is 13.4. The monoisotopic (exact) mass is 599 g/mol. The van der Waals surface area contributed by atoms with E-state index in [0.717, 1.165) is 21.7 Å². The molecule has 0 radical (unpaired) electrons. The summed E-state index contributed by atoms with van der Waals surface area (Å²) in [5.74, 6) is -1.68. The van der Waals surface area contributed by atoms with Gasteiger partial charge in [0.1, 0.15) is 12.6 Å². The first-order chi connectivity index (χ1) is 20.2. The molecule has 0 aliphatic carbocycles. The Morgan fingerprint density at radius 2 is 1.40 bits per heavy atom. The third-order valence-electron chi connectivity index (χ3n) is 7.41. The number of anilines is 1. The summed E-state index contributed by atoms with van der Waals surface area (Å²) in [7, 11) is 0. The smallest absolute Gasteiger partial charge is 0.327 e. The van der Waals surface area contributed by atoms with Crippen molar-refractivity contribution >= 4 is 17.5 Å². The number of fused-ring (bicyclic) bond motifs is 3. The fraction of sp³-hybridized carbons (Fsp3) is 0.250. The molecule has 0 saturated heterocycles. The van der Waals surface area contributed by atoms with Crippen LogP contribution in [0.25, 0.3) is 5.69 Å². The molecule has 0 bridgehead atoms. The third-order valence-corrected chi connectivity index (χ3v) is 7.41. The highest BCUT2D eigenvalue weighted by molar-refractivity contribution is 6.03. The highest BCUT2D eigenvalue weighted by atomic mass is 19.4. The maximum atomic E-state index is 14.2. The average molecular weight is 600 g/mol. The van der Waals surface area contributed by atoms with E-state index in [4.69, 9.17) is 0 Å². The van der Waals surface area contributed by atoms with E-state index in [2.05, 4.69) is 0 Å². The number of carbonyl (C=O) groups excluding carboxylic acids is 2. The molecule has 224 valence electrons. The lowest BCUT2D eigenvalue weighted by Crippen LogP contribution is -2.48. The molecule has 5 rings (SSSR count). The molecule has 3 aromatic carbocycles.